The van der Waals surface area contributed by atoms with Crippen LogP contribution in [0.1, 0.15) is 13.3 Å². The Bertz CT molecular complexity index is 619. The van der Waals surface area contributed by atoms with Crippen molar-refractivity contribution in [3.63, 3.8) is 0 Å². The van der Waals surface area contributed by atoms with Crippen molar-refractivity contribution >= 4 is 0 Å². The smallest absolute Gasteiger partial charge is 0.188 e. The van der Waals surface area contributed by atoms with Gasteiger partial charge in [-0.25, -0.2) is 0 Å². The first-order valence-corrected chi connectivity index (χ1v) is 10.7. The zero-order valence-electron chi connectivity index (χ0n) is 17.4. The van der Waals surface area contributed by atoms with Crippen molar-refractivity contribution in [2.24, 2.45) is 28.9 Å². The van der Waals surface area contributed by atoms with Gasteiger partial charge >= 0.3 is 0 Å². The molecule has 31 heavy (non-hydrogen) atoms. The summed E-state index contributed by atoms with van der Waals surface area (Å²) >= 11 is 0. The van der Waals surface area contributed by atoms with Gasteiger partial charge in [0.25, 0.3) is 0 Å². The number of rotatable bonds is 6. The van der Waals surface area contributed by atoms with Crippen LogP contribution in [0.5, 0.6) is 0 Å². The maximum Gasteiger partial charge on any atom is 0.188 e. The van der Waals surface area contributed by atoms with Crippen LogP contribution in [0.3, 0.4) is 0 Å². The quantitative estimate of drug-likeness (QED) is 0.178. The minimum absolute atomic E-state index is 0.139. The highest BCUT2D eigenvalue weighted by Crippen LogP contribution is 2.35. The fourth-order valence-electron chi connectivity index (χ4n) is 4.42. The van der Waals surface area contributed by atoms with E-state index in [-0.39, 0.29) is 30.1 Å². The van der Waals surface area contributed by atoms with Crippen LogP contribution in [-0.4, -0.2) is 108 Å². The average Bonchev–Trinajstić information content (AvgIpc) is 3.56. The van der Waals surface area contributed by atoms with Crippen LogP contribution in [0.25, 0.3) is 0 Å². The van der Waals surface area contributed by atoms with Gasteiger partial charge in [-0.05, 0) is 12.3 Å². The third-order valence-corrected chi connectivity index (χ3v) is 6.62. The van der Waals surface area contributed by atoms with Gasteiger partial charge in [0.05, 0.1) is 36.9 Å². The highest BCUT2D eigenvalue weighted by molar-refractivity contribution is 5.11. The molecule has 0 amide bonds. The van der Waals surface area contributed by atoms with E-state index < -0.39 is 62.2 Å². The molecular formula is C18H35N5O8. The summed E-state index contributed by atoms with van der Waals surface area (Å²) in [6, 6.07) is -2.31. The van der Waals surface area contributed by atoms with Gasteiger partial charge in [0, 0.05) is 12.6 Å². The van der Waals surface area contributed by atoms with Crippen LogP contribution in [0, 0.1) is 5.92 Å². The molecule has 12 N–H and O–H groups in total. The van der Waals surface area contributed by atoms with E-state index in [2.05, 4.69) is 5.32 Å². The van der Waals surface area contributed by atoms with Crippen LogP contribution in [0.4, 0.5) is 0 Å². The lowest BCUT2D eigenvalue weighted by Crippen LogP contribution is -2.64. The molecule has 4 rings (SSSR count). The topological polar surface area (TPSA) is 233 Å². The van der Waals surface area contributed by atoms with Gasteiger partial charge in [-0.15, -0.1) is 0 Å². The van der Waals surface area contributed by atoms with Crippen molar-refractivity contribution in [2.45, 2.75) is 93.1 Å². The second kappa shape index (κ2) is 9.38. The predicted molar refractivity (Wildman–Crippen MR) is 105 cm³/mol. The highest BCUT2D eigenvalue weighted by Gasteiger charge is 2.58. The second-order valence-corrected chi connectivity index (χ2v) is 8.88. The van der Waals surface area contributed by atoms with Crippen LogP contribution < -0.4 is 28.3 Å². The molecule has 180 valence electrons. The summed E-state index contributed by atoms with van der Waals surface area (Å²) in [6.07, 6.45) is -6.71. The standard InChI is InChI=1S/C18H35N5O8/c1-5-2-6(3-19)27-15(8(5)20)29-16-9(21)11-12(23-11)17(30-16)31-18-14(26)10(22)13(25)7(4-24)28-18/h5-18,23-26H,2-4,19-22H2,1H3. The lowest BCUT2D eigenvalue weighted by atomic mass is 9.92. The Hall–Kier alpha value is -0.520. The first-order chi connectivity index (χ1) is 14.7. The molecule has 13 heteroatoms. The van der Waals surface area contributed by atoms with Crippen molar-refractivity contribution in [1.82, 2.24) is 5.32 Å². The molecule has 0 bridgehead atoms. The summed E-state index contributed by atoms with van der Waals surface area (Å²) in [5, 5.41) is 32.9. The maximum atomic E-state index is 10.4. The monoisotopic (exact) mass is 449 g/mol. The first kappa shape index (κ1) is 23.6. The van der Waals surface area contributed by atoms with Crippen LogP contribution in [0.15, 0.2) is 0 Å². The Balaban J connectivity index is 1.41. The summed E-state index contributed by atoms with van der Waals surface area (Å²) in [5.74, 6) is 0.139. The Morgan fingerprint density at radius 1 is 0.871 bits per heavy atom. The van der Waals surface area contributed by atoms with E-state index in [4.69, 9.17) is 46.6 Å². The first-order valence-electron chi connectivity index (χ1n) is 10.7. The molecular weight excluding hydrogens is 414 g/mol. The lowest BCUT2D eigenvalue weighted by Gasteiger charge is -2.44. The molecule has 0 aromatic heterocycles. The Kier molecular flexibility index (Phi) is 7.15. The molecule has 0 spiro atoms. The number of hydrogen-bond donors (Lipinski definition) is 8. The number of ether oxygens (including phenoxy) is 5. The van der Waals surface area contributed by atoms with Gasteiger partial charge in [-0.3, -0.25) is 0 Å². The molecule has 4 fully saturated rings. The molecule has 0 aliphatic carbocycles. The average molecular weight is 450 g/mol. The van der Waals surface area contributed by atoms with Crippen LogP contribution in [-0.2, 0) is 23.7 Å². The molecule has 0 radical (unpaired) electrons. The third kappa shape index (κ3) is 4.61. The molecule has 4 aliphatic heterocycles. The number of nitrogens with two attached hydrogens (primary N) is 4. The summed E-state index contributed by atoms with van der Waals surface area (Å²) < 4.78 is 29.1. The molecule has 0 aromatic carbocycles. The van der Waals surface area contributed by atoms with Crippen molar-refractivity contribution in [2.75, 3.05) is 13.2 Å². The van der Waals surface area contributed by atoms with E-state index in [1.807, 2.05) is 6.92 Å². The summed E-state index contributed by atoms with van der Waals surface area (Å²) in [6.45, 7) is 1.88. The fraction of sp³-hybridized carbons (Fsp3) is 1.00. The van der Waals surface area contributed by atoms with E-state index in [1.54, 1.807) is 0 Å². The SMILES string of the molecule is CC1CC(CN)OC(OC2OC(OC3OC(CO)C(O)C(N)C3O)C3NC3C2N)C1N. The minimum atomic E-state index is -1.32. The summed E-state index contributed by atoms with van der Waals surface area (Å²) in [4.78, 5) is 0. The number of aliphatic hydroxyl groups is 3. The number of aliphatic hydroxyl groups excluding tert-OH is 3. The minimum Gasteiger partial charge on any atom is -0.394 e. The molecule has 0 saturated carbocycles. The fourth-order valence-corrected chi connectivity index (χ4v) is 4.42. The Labute approximate surface area is 180 Å². The van der Waals surface area contributed by atoms with Gasteiger partial charge in [-0.2, -0.15) is 0 Å². The number of fused-ring (bicyclic) bond motifs is 1. The highest BCUT2D eigenvalue weighted by atomic mass is 16.8. The van der Waals surface area contributed by atoms with Gasteiger partial charge in [-0.1, -0.05) is 6.92 Å². The van der Waals surface area contributed by atoms with E-state index in [0.29, 0.717) is 6.54 Å². The zero-order chi connectivity index (χ0) is 22.4. The molecule has 4 heterocycles. The number of nitrogens with one attached hydrogen (secondary N) is 1. The second-order valence-electron chi connectivity index (χ2n) is 8.88. The number of hydrogen-bond acceptors (Lipinski definition) is 13. The summed E-state index contributed by atoms with van der Waals surface area (Å²) in [5.41, 5.74) is 24.1. The maximum absolute atomic E-state index is 10.4. The van der Waals surface area contributed by atoms with Crippen molar-refractivity contribution < 1.29 is 39.0 Å². The van der Waals surface area contributed by atoms with Crippen LogP contribution in [0.2, 0.25) is 0 Å². The Morgan fingerprint density at radius 3 is 2.23 bits per heavy atom. The normalized spacial score (nSPS) is 55.0. The van der Waals surface area contributed by atoms with Gasteiger partial charge in [0.1, 0.15) is 18.3 Å². The molecule has 13 nitrogen and oxygen atoms in total. The summed E-state index contributed by atoms with van der Waals surface area (Å²) in [7, 11) is 0. The van der Waals surface area contributed by atoms with Gasteiger partial charge < -0.3 is 67.3 Å². The van der Waals surface area contributed by atoms with Gasteiger partial charge in [0.2, 0.25) is 0 Å². The molecule has 14 atom stereocenters. The van der Waals surface area contributed by atoms with Gasteiger partial charge in [0.15, 0.2) is 25.2 Å². The molecule has 0 aromatic rings. The Morgan fingerprint density at radius 2 is 1.55 bits per heavy atom. The molecule has 4 saturated heterocycles. The lowest BCUT2D eigenvalue weighted by molar-refractivity contribution is -0.366. The predicted octanol–water partition coefficient (Wildman–Crippen LogP) is -4.83. The van der Waals surface area contributed by atoms with E-state index in [9.17, 15) is 15.3 Å². The van der Waals surface area contributed by atoms with Crippen LogP contribution >= 0.6 is 0 Å². The van der Waals surface area contributed by atoms with Crippen molar-refractivity contribution in [1.29, 1.82) is 0 Å². The largest absolute Gasteiger partial charge is 0.394 e. The third-order valence-electron chi connectivity index (χ3n) is 6.62. The van der Waals surface area contributed by atoms with Crippen molar-refractivity contribution in [3.05, 3.63) is 0 Å². The van der Waals surface area contributed by atoms with E-state index >= 15 is 0 Å². The van der Waals surface area contributed by atoms with E-state index in [1.165, 1.54) is 0 Å². The van der Waals surface area contributed by atoms with E-state index in [0.717, 1.165) is 6.42 Å². The zero-order valence-corrected chi connectivity index (χ0v) is 17.4. The molecule has 4 aliphatic rings. The van der Waals surface area contributed by atoms with Crippen molar-refractivity contribution in [3.8, 4) is 0 Å². The molecule has 14 unspecified atom stereocenters.